The lowest BCUT2D eigenvalue weighted by Gasteiger charge is -2.38. The van der Waals surface area contributed by atoms with E-state index in [4.69, 9.17) is 16.3 Å². The Hall–Kier alpha value is -2.70. The Morgan fingerprint density at radius 3 is 2.86 bits per heavy atom. The zero-order valence-electron chi connectivity index (χ0n) is 20.7. The van der Waals surface area contributed by atoms with E-state index in [1.165, 1.54) is 0 Å². The van der Waals surface area contributed by atoms with Crippen molar-refractivity contribution in [3.63, 3.8) is 0 Å². The van der Waals surface area contributed by atoms with Gasteiger partial charge in [-0.1, -0.05) is 29.8 Å². The molecule has 2 heterocycles. The average Bonchev–Trinajstić information content (AvgIpc) is 2.88. The number of carbonyl (C=O) groups is 1. The third kappa shape index (κ3) is 6.74. The Labute approximate surface area is 217 Å². The topological polar surface area (TPSA) is 62.7 Å². The fourth-order valence-corrected chi connectivity index (χ4v) is 5.68. The Morgan fingerprint density at radius 2 is 2.08 bits per heavy atom. The third-order valence-electron chi connectivity index (χ3n) is 7.40. The lowest BCUT2D eigenvalue weighted by molar-refractivity contribution is -0.139. The molecule has 1 fully saturated rings. The second-order valence-electron chi connectivity index (χ2n) is 9.73. The number of halogens is 2. The number of pyridine rings is 1. The molecule has 1 aromatic heterocycles. The van der Waals surface area contributed by atoms with Crippen LogP contribution >= 0.6 is 11.6 Å². The van der Waals surface area contributed by atoms with Gasteiger partial charge in [0.2, 0.25) is 0 Å². The van der Waals surface area contributed by atoms with Crippen LogP contribution in [0, 0.1) is 11.8 Å². The normalized spacial score (nSPS) is 19.3. The van der Waals surface area contributed by atoms with E-state index >= 15 is 4.39 Å². The summed E-state index contributed by atoms with van der Waals surface area (Å²) in [6.45, 7) is 2.56. The molecule has 36 heavy (non-hydrogen) atoms. The van der Waals surface area contributed by atoms with Crippen LogP contribution in [0.15, 0.2) is 54.7 Å². The number of piperidine rings is 1. The maximum atomic E-state index is 15.5. The van der Waals surface area contributed by atoms with Gasteiger partial charge in [0.1, 0.15) is 11.9 Å². The summed E-state index contributed by atoms with van der Waals surface area (Å²) in [5, 5.41) is 11.1. The Kier molecular flexibility index (Phi) is 9.16. The van der Waals surface area contributed by atoms with Crippen LogP contribution in [-0.4, -0.2) is 47.7 Å². The Balaban J connectivity index is 1.35. The number of alkyl halides is 1. The van der Waals surface area contributed by atoms with Crippen LogP contribution in [0.2, 0.25) is 5.02 Å². The molecular weight excluding hydrogens is 479 g/mol. The molecule has 0 spiro atoms. The van der Waals surface area contributed by atoms with Gasteiger partial charge in [0, 0.05) is 29.6 Å². The number of ether oxygens (including phenoxy) is 1. The molecule has 5 nitrogen and oxygen atoms in total. The van der Waals surface area contributed by atoms with Crippen molar-refractivity contribution in [2.75, 3.05) is 26.7 Å². The zero-order chi connectivity index (χ0) is 25.5. The summed E-state index contributed by atoms with van der Waals surface area (Å²) in [6, 6.07) is 15.1. The maximum absolute atomic E-state index is 15.5. The van der Waals surface area contributed by atoms with Crippen molar-refractivity contribution in [1.29, 1.82) is 0 Å². The molecular formula is C29H34ClFN2O3. The summed E-state index contributed by atoms with van der Waals surface area (Å²) in [5.41, 5.74) is 2.50. The van der Waals surface area contributed by atoms with Gasteiger partial charge < -0.3 is 14.7 Å². The highest BCUT2D eigenvalue weighted by atomic mass is 35.5. The van der Waals surface area contributed by atoms with E-state index in [2.05, 4.69) is 16.0 Å². The predicted molar refractivity (Wildman–Crippen MR) is 141 cm³/mol. The van der Waals surface area contributed by atoms with Gasteiger partial charge in [0.25, 0.3) is 0 Å². The molecule has 1 N–H and O–H groups in total. The van der Waals surface area contributed by atoms with Crippen LogP contribution in [0.3, 0.4) is 0 Å². The standard InChI is InChI=1S/C29H34ClFN2O3/c1-36-23-9-11-28-25(18-23)24(12-14-32-28)27(31)10-8-20-13-16-33(19-22(20)17-29(34)35)15-4-6-21-5-2-3-7-26(21)30/h2-3,5,7,9,11-12,14,18,20,22,27H,4,6,8,10,13,15-17,19H2,1H3,(H,34,35)/t20-,22+,27-/m1/s1. The lowest BCUT2D eigenvalue weighted by Crippen LogP contribution is -2.42. The summed E-state index contributed by atoms with van der Waals surface area (Å²) in [6.07, 6.45) is 4.42. The summed E-state index contributed by atoms with van der Waals surface area (Å²) in [4.78, 5) is 18.3. The fourth-order valence-electron chi connectivity index (χ4n) is 5.45. The Bertz CT molecular complexity index is 1170. The SMILES string of the molecule is COc1ccc2nccc([C@H](F)CC[C@@H]3CCN(CCCc4ccccc4Cl)C[C@@H]3CC(=O)O)c2c1. The molecule has 3 atom stereocenters. The van der Waals surface area contributed by atoms with Crippen molar-refractivity contribution >= 4 is 28.5 Å². The van der Waals surface area contributed by atoms with Gasteiger partial charge in [0.05, 0.1) is 12.6 Å². The van der Waals surface area contributed by atoms with E-state index in [1.807, 2.05) is 36.4 Å². The lowest BCUT2D eigenvalue weighted by atomic mass is 9.79. The summed E-state index contributed by atoms with van der Waals surface area (Å²) in [5.74, 6) is 0.110. The number of carboxylic acid groups (broad SMARTS) is 1. The van der Waals surface area contributed by atoms with Gasteiger partial charge in [-0.3, -0.25) is 9.78 Å². The first-order valence-electron chi connectivity index (χ1n) is 12.7. The molecule has 1 saturated heterocycles. The van der Waals surface area contributed by atoms with Gasteiger partial charge in [-0.15, -0.1) is 0 Å². The minimum absolute atomic E-state index is 0.0260. The number of methoxy groups -OCH3 is 1. The maximum Gasteiger partial charge on any atom is 0.303 e. The first kappa shape index (κ1) is 26.4. The van der Waals surface area contributed by atoms with Gasteiger partial charge in [0.15, 0.2) is 0 Å². The number of fused-ring (bicyclic) bond motifs is 1. The second kappa shape index (κ2) is 12.5. The van der Waals surface area contributed by atoms with E-state index < -0.39 is 12.1 Å². The first-order valence-corrected chi connectivity index (χ1v) is 13.1. The molecule has 3 aromatic rings. The minimum Gasteiger partial charge on any atom is -0.497 e. The number of hydrogen-bond donors (Lipinski definition) is 1. The molecule has 0 bridgehead atoms. The van der Waals surface area contributed by atoms with Crippen molar-refractivity contribution < 1.29 is 19.0 Å². The monoisotopic (exact) mass is 512 g/mol. The summed E-state index contributed by atoms with van der Waals surface area (Å²) < 4.78 is 20.8. The van der Waals surface area contributed by atoms with Crippen molar-refractivity contribution in [2.45, 2.75) is 44.7 Å². The third-order valence-corrected chi connectivity index (χ3v) is 7.77. The molecule has 0 saturated carbocycles. The van der Waals surface area contributed by atoms with E-state index in [9.17, 15) is 9.90 Å². The zero-order valence-corrected chi connectivity index (χ0v) is 21.5. The molecule has 192 valence electrons. The number of hydrogen-bond acceptors (Lipinski definition) is 4. The molecule has 0 aliphatic carbocycles. The van der Waals surface area contributed by atoms with E-state index in [0.717, 1.165) is 60.4 Å². The largest absolute Gasteiger partial charge is 0.497 e. The first-order chi connectivity index (χ1) is 17.4. The molecule has 0 radical (unpaired) electrons. The van der Waals surface area contributed by atoms with Crippen LogP contribution in [0.5, 0.6) is 5.75 Å². The average molecular weight is 513 g/mol. The highest BCUT2D eigenvalue weighted by Crippen LogP contribution is 2.36. The Morgan fingerprint density at radius 1 is 1.25 bits per heavy atom. The number of benzene rings is 2. The molecule has 4 rings (SSSR count). The summed E-state index contributed by atoms with van der Waals surface area (Å²) >= 11 is 6.28. The molecule has 2 aromatic carbocycles. The summed E-state index contributed by atoms with van der Waals surface area (Å²) in [7, 11) is 1.59. The number of nitrogens with zero attached hydrogens (tertiary/aromatic N) is 2. The van der Waals surface area contributed by atoms with E-state index in [0.29, 0.717) is 24.2 Å². The van der Waals surface area contributed by atoms with Crippen LogP contribution in [0.25, 0.3) is 10.9 Å². The number of aryl methyl sites for hydroxylation is 1. The quantitative estimate of drug-likeness (QED) is 0.308. The molecule has 1 aliphatic rings. The van der Waals surface area contributed by atoms with Crippen molar-refractivity contribution in [2.24, 2.45) is 11.8 Å². The van der Waals surface area contributed by atoms with Gasteiger partial charge in [-0.25, -0.2) is 4.39 Å². The fraction of sp³-hybridized carbons (Fsp3) is 0.448. The van der Waals surface area contributed by atoms with Gasteiger partial charge >= 0.3 is 5.97 Å². The van der Waals surface area contributed by atoms with E-state index in [1.54, 1.807) is 19.4 Å². The van der Waals surface area contributed by atoms with Crippen molar-refractivity contribution in [3.05, 3.63) is 70.9 Å². The smallest absolute Gasteiger partial charge is 0.303 e. The molecule has 7 heteroatoms. The predicted octanol–water partition coefficient (Wildman–Crippen LogP) is 6.73. The number of aliphatic carboxylic acids is 1. The van der Waals surface area contributed by atoms with Crippen LogP contribution in [0.4, 0.5) is 4.39 Å². The number of carboxylic acids is 1. The van der Waals surface area contributed by atoms with Crippen molar-refractivity contribution in [1.82, 2.24) is 9.88 Å². The van der Waals surface area contributed by atoms with Crippen LogP contribution < -0.4 is 4.74 Å². The van der Waals surface area contributed by atoms with Gasteiger partial charge in [-0.2, -0.15) is 0 Å². The minimum atomic E-state index is -1.14. The molecule has 0 unspecified atom stereocenters. The number of likely N-dealkylation sites (tertiary alicyclic amines) is 1. The number of rotatable bonds is 11. The van der Waals surface area contributed by atoms with Crippen LogP contribution in [0.1, 0.15) is 49.4 Å². The highest BCUT2D eigenvalue weighted by Gasteiger charge is 2.31. The highest BCUT2D eigenvalue weighted by molar-refractivity contribution is 6.31. The molecule has 1 aliphatic heterocycles. The van der Waals surface area contributed by atoms with Gasteiger partial charge in [-0.05, 0) is 98.5 Å². The van der Waals surface area contributed by atoms with Crippen molar-refractivity contribution in [3.8, 4) is 5.75 Å². The number of aromatic nitrogens is 1. The molecule has 0 amide bonds. The van der Waals surface area contributed by atoms with Crippen LogP contribution in [-0.2, 0) is 11.2 Å². The second-order valence-corrected chi connectivity index (χ2v) is 10.1. The van der Waals surface area contributed by atoms with E-state index in [-0.39, 0.29) is 18.3 Å².